The van der Waals surface area contributed by atoms with Gasteiger partial charge in [-0.2, -0.15) is 0 Å². The Balaban J connectivity index is 2.07. The van der Waals surface area contributed by atoms with Gasteiger partial charge in [0.25, 0.3) is 0 Å². The molecule has 0 N–H and O–H groups in total. The molecule has 0 aliphatic carbocycles. The van der Waals surface area contributed by atoms with Gasteiger partial charge in [-0.1, -0.05) is 70.9 Å². The van der Waals surface area contributed by atoms with Crippen LogP contribution in [0.5, 0.6) is 11.5 Å². The molecule has 206 valence electrons. The zero-order valence-electron chi connectivity index (χ0n) is 25.0. The van der Waals surface area contributed by atoms with Crippen molar-refractivity contribution in [3.8, 4) is 11.5 Å². The van der Waals surface area contributed by atoms with Gasteiger partial charge in [0.1, 0.15) is 11.5 Å². The summed E-state index contributed by atoms with van der Waals surface area (Å²) in [5.41, 5.74) is 7.72. The third-order valence-corrected chi connectivity index (χ3v) is 6.83. The highest BCUT2D eigenvalue weighted by atomic mass is 16.5. The van der Waals surface area contributed by atoms with Crippen molar-refractivity contribution in [1.29, 1.82) is 0 Å². The van der Waals surface area contributed by atoms with Gasteiger partial charge >= 0.3 is 5.97 Å². The molecule has 0 amide bonds. The molecule has 0 saturated carbocycles. The minimum Gasteiger partial charge on any atom is -0.493 e. The van der Waals surface area contributed by atoms with Crippen LogP contribution in [0.4, 0.5) is 0 Å². The molecule has 2 aromatic carbocycles. The average molecular weight is 517 g/mol. The molecule has 2 aromatic rings. The van der Waals surface area contributed by atoms with Crippen molar-refractivity contribution in [2.45, 2.75) is 100 Å². The van der Waals surface area contributed by atoms with Crippen molar-refractivity contribution >= 4 is 16.7 Å². The Labute approximate surface area is 231 Å². The van der Waals surface area contributed by atoms with Crippen LogP contribution in [-0.2, 0) is 11.2 Å². The van der Waals surface area contributed by atoms with Crippen LogP contribution in [0, 0.1) is 6.92 Å². The van der Waals surface area contributed by atoms with Crippen LogP contribution in [0.25, 0.3) is 10.8 Å². The van der Waals surface area contributed by atoms with E-state index in [4.69, 9.17) is 9.47 Å². The Kier molecular flexibility index (Phi) is 13.1. The maximum atomic E-state index is 12.0. The molecule has 0 aliphatic rings. The number of carbonyl (C=O) groups excluding carboxylic acids is 1. The van der Waals surface area contributed by atoms with Crippen molar-refractivity contribution < 1.29 is 14.3 Å². The molecule has 3 heteroatoms. The largest absolute Gasteiger partial charge is 0.493 e. The maximum absolute atomic E-state index is 12.0. The van der Waals surface area contributed by atoms with Gasteiger partial charge in [-0.15, -0.1) is 0 Å². The SMILES string of the molecule is CCOc1c(C)c(C/C=C(\C)CC/C=C(\C)CC/C=C(\C)CCC=C(C)C)c(OC(C)=O)c2ccccc12. The van der Waals surface area contributed by atoms with E-state index in [0.29, 0.717) is 18.8 Å². The molecule has 38 heavy (non-hydrogen) atoms. The second-order valence-electron chi connectivity index (χ2n) is 10.6. The van der Waals surface area contributed by atoms with Crippen molar-refractivity contribution in [3.05, 3.63) is 82.0 Å². The molecule has 3 nitrogen and oxygen atoms in total. The van der Waals surface area contributed by atoms with Crippen molar-refractivity contribution in [2.24, 2.45) is 0 Å². The number of rotatable bonds is 14. The molecule has 0 fully saturated rings. The van der Waals surface area contributed by atoms with E-state index in [9.17, 15) is 4.79 Å². The third-order valence-electron chi connectivity index (χ3n) is 6.83. The second-order valence-corrected chi connectivity index (χ2v) is 10.6. The summed E-state index contributed by atoms with van der Waals surface area (Å²) in [5, 5.41) is 1.89. The number of hydrogen-bond acceptors (Lipinski definition) is 3. The lowest BCUT2D eigenvalue weighted by atomic mass is 9.95. The van der Waals surface area contributed by atoms with E-state index in [1.54, 1.807) is 0 Å². The Morgan fingerprint density at radius 3 is 1.74 bits per heavy atom. The Morgan fingerprint density at radius 1 is 0.737 bits per heavy atom. The van der Waals surface area contributed by atoms with Crippen molar-refractivity contribution in [2.75, 3.05) is 6.61 Å². The maximum Gasteiger partial charge on any atom is 0.308 e. The molecule has 0 unspecified atom stereocenters. The van der Waals surface area contributed by atoms with E-state index < -0.39 is 0 Å². The monoisotopic (exact) mass is 516 g/mol. The summed E-state index contributed by atoms with van der Waals surface area (Å²) in [7, 11) is 0. The smallest absolute Gasteiger partial charge is 0.308 e. The summed E-state index contributed by atoms with van der Waals surface area (Å²) in [6, 6.07) is 8.00. The van der Waals surface area contributed by atoms with E-state index in [-0.39, 0.29) is 5.97 Å². The van der Waals surface area contributed by atoms with Crippen LogP contribution in [-0.4, -0.2) is 12.6 Å². The summed E-state index contributed by atoms with van der Waals surface area (Å²) in [4.78, 5) is 12.0. The van der Waals surface area contributed by atoms with E-state index in [2.05, 4.69) is 65.8 Å². The van der Waals surface area contributed by atoms with Crippen LogP contribution < -0.4 is 9.47 Å². The summed E-state index contributed by atoms with van der Waals surface area (Å²) in [5.74, 6) is 1.22. The summed E-state index contributed by atoms with van der Waals surface area (Å²) >= 11 is 0. The first-order valence-corrected chi connectivity index (χ1v) is 14.1. The van der Waals surface area contributed by atoms with Gasteiger partial charge in [0.15, 0.2) is 0 Å². The summed E-state index contributed by atoms with van der Waals surface area (Å²) in [6.07, 6.45) is 16.6. The molecule has 0 spiro atoms. The van der Waals surface area contributed by atoms with Gasteiger partial charge < -0.3 is 9.47 Å². The Morgan fingerprint density at radius 2 is 1.24 bits per heavy atom. The van der Waals surface area contributed by atoms with Gasteiger partial charge in [-0.25, -0.2) is 0 Å². The quantitative estimate of drug-likeness (QED) is 0.142. The average Bonchev–Trinajstić information content (AvgIpc) is 2.85. The first-order chi connectivity index (χ1) is 18.1. The highest BCUT2D eigenvalue weighted by Crippen LogP contribution is 2.41. The molecule has 0 saturated heterocycles. The van der Waals surface area contributed by atoms with Crippen LogP contribution in [0.3, 0.4) is 0 Å². The van der Waals surface area contributed by atoms with Gasteiger partial charge in [-0.05, 0) is 99.0 Å². The standard InChI is InChI=1S/C35H48O3/c1-9-37-34-29(7)31(35(38-30(8)36)33-22-11-10-21-32(33)34)24-23-28(6)20-14-19-27(5)18-13-17-26(4)16-12-15-25(2)3/h10-11,15,17,19,21-23H,9,12-14,16,18,20,24H2,1-8H3/b26-17+,27-19+,28-23+. The molecule has 0 heterocycles. The number of esters is 1. The van der Waals surface area contributed by atoms with E-state index >= 15 is 0 Å². The lowest BCUT2D eigenvalue weighted by molar-refractivity contribution is -0.131. The van der Waals surface area contributed by atoms with Crippen LogP contribution >= 0.6 is 0 Å². The van der Waals surface area contributed by atoms with Gasteiger partial charge in [0.2, 0.25) is 0 Å². The number of hydrogen-bond donors (Lipinski definition) is 0. The van der Waals surface area contributed by atoms with Crippen LogP contribution in [0.2, 0.25) is 0 Å². The molecule has 0 aliphatic heterocycles. The van der Waals surface area contributed by atoms with Crippen LogP contribution in [0.1, 0.15) is 98.1 Å². The Bertz CT molecular complexity index is 1200. The van der Waals surface area contributed by atoms with Gasteiger partial charge in [-0.3, -0.25) is 4.79 Å². The third kappa shape index (κ3) is 10.0. The predicted molar refractivity (Wildman–Crippen MR) is 163 cm³/mol. The summed E-state index contributed by atoms with van der Waals surface area (Å²) in [6.45, 7) is 17.1. The lowest BCUT2D eigenvalue weighted by Gasteiger charge is -2.19. The van der Waals surface area contributed by atoms with E-state index in [1.165, 1.54) is 29.2 Å². The van der Waals surface area contributed by atoms with E-state index in [1.807, 2.05) is 31.2 Å². The topological polar surface area (TPSA) is 35.5 Å². The molecular weight excluding hydrogens is 468 g/mol. The first kappa shape index (κ1) is 31.1. The number of ether oxygens (including phenoxy) is 2. The van der Waals surface area contributed by atoms with Crippen molar-refractivity contribution in [1.82, 2.24) is 0 Å². The van der Waals surface area contributed by atoms with Crippen molar-refractivity contribution in [3.63, 3.8) is 0 Å². The molecule has 0 radical (unpaired) electrons. The number of carbonyl (C=O) groups is 1. The van der Waals surface area contributed by atoms with Gasteiger partial charge in [0.05, 0.1) is 6.61 Å². The molecule has 2 rings (SSSR count). The van der Waals surface area contributed by atoms with E-state index in [0.717, 1.165) is 66.2 Å². The minimum absolute atomic E-state index is 0.306. The molecule has 0 atom stereocenters. The second kappa shape index (κ2) is 16.0. The normalized spacial score (nSPS) is 12.6. The molecule has 0 bridgehead atoms. The fourth-order valence-electron chi connectivity index (χ4n) is 4.65. The highest BCUT2D eigenvalue weighted by Gasteiger charge is 2.19. The number of allylic oxidation sites excluding steroid dienone is 8. The lowest BCUT2D eigenvalue weighted by Crippen LogP contribution is -2.08. The number of benzene rings is 2. The zero-order chi connectivity index (χ0) is 28.1. The molecule has 0 aromatic heterocycles. The summed E-state index contributed by atoms with van der Waals surface area (Å²) < 4.78 is 11.8. The highest BCUT2D eigenvalue weighted by molar-refractivity contribution is 5.97. The molecular formula is C35H48O3. The minimum atomic E-state index is -0.306. The Hall–Kier alpha value is -3.07. The first-order valence-electron chi connectivity index (χ1n) is 14.1. The predicted octanol–water partition coefficient (Wildman–Crippen LogP) is 10.2. The van der Waals surface area contributed by atoms with Crippen LogP contribution in [0.15, 0.2) is 70.9 Å². The zero-order valence-corrected chi connectivity index (χ0v) is 25.0. The number of fused-ring (bicyclic) bond motifs is 1. The fourth-order valence-corrected chi connectivity index (χ4v) is 4.65. The van der Waals surface area contributed by atoms with Gasteiger partial charge in [0, 0.05) is 23.3 Å². The fraction of sp³-hybridized carbons (Fsp3) is 0.457.